The third-order valence-electron chi connectivity index (χ3n) is 3.50. The standard InChI is InChI=1S/C17H22N2O3/c1-4-5-10-18-17(20)14-8-6-7-9-16(14)21-11-15-12(2)19-22-13(15)3/h6-9H,4-5,10-11H2,1-3H3,(H,18,20). The van der Waals surface area contributed by atoms with Crippen molar-refractivity contribution < 1.29 is 14.1 Å². The summed E-state index contributed by atoms with van der Waals surface area (Å²) in [6.07, 6.45) is 2.01. The number of hydrogen-bond donors (Lipinski definition) is 1. The van der Waals surface area contributed by atoms with Crippen molar-refractivity contribution in [3.05, 3.63) is 46.8 Å². The number of nitrogens with one attached hydrogen (secondary N) is 1. The molecule has 0 saturated heterocycles. The molecule has 0 fully saturated rings. The van der Waals surface area contributed by atoms with Gasteiger partial charge in [-0.3, -0.25) is 4.79 Å². The molecule has 0 atom stereocenters. The van der Waals surface area contributed by atoms with Gasteiger partial charge >= 0.3 is 0 Å². The van der Waals surface area contributed by atoms with Gasteiger partial charge in [-0.1, -0.05) is 30.6 Å². The van der Waals surface area contributed by atoms with E-state index in [9.17, 15) is 4.79 Å². The summed E-state index contributed by atoms with van der Waals surface area (Å²) in [5.41, 5.74) is 2.27. The van der Waals surface area contributed by atoms with Crippen LogP contribution in [0.5, 0.6) is 5.75 Å². The first kappa shape index (κ1) is 16.1. The van der Waals surface area contributed by atoms with Gasteiger partial charge in [0.25, 0.3) is 5.91 Å². The van der Waals surface area contributed by atoms with E-state index in [1.807, 2.05) is 26.0 Å². The number of nitrogens with zero attached hydrogens (tertiary/aromatic N) is 1. The smallest absolute Gasteiger partial charge is 0.255 e. The summed E-state index contributed by atoms with van der Waals surface area (Å²) in [4.78, 5) is 12.2. The predicted octanol–water partition coefficient (Wildman–Crippen LogP) is 3.40. The Morgan fingerprint density at radius 2 is 2.09 bits per heavy atom. The van der Waals surface area contributed by atoms with Crippen LogP contribution < -0.4 is 10.1 Å². The Balaban J connectivity index is 2.06. The molecule has 0 spiro atoms. The Morgan fingerprint density at radius 3 is 2.77 bits per heavy atom. The molecule has 0 aliphatic rings. The topological polar surface area (TPSA) is 64.4 Å². The van der Waals surface area contributed by atoms with Crippen LogP contribution >= 0.6 is 0 Å². The molecule has 5 heteroatoms. The zero-order valence-corrected chi connectivity index (χ0v) is 13.3. The lowest BCUT2D eigenvalue weighted by Gasteiger charge is -2.11. The summed E-state index contributed by atoms with van der Waals surface area (Å²) in [6.45, 7) is 6.82. The van der Waals surface area contributed by atoms with Crippen LogP contribution in [0, 0.1) is 13.8 Å². The predicted molar refractivity (Wildman–Crippen MR) is 84.0 cm³/mol. The maximum absolute atomic E-state index is 12.2. The monoisotopic (exact) mass is 302 g/mol. The molecule has 2 rings (SSSR count). The normalized spacial score (nSPS) is 10.5. The second kappa shape index (κ2) is 7.64. The molecule has 0 saturated carbocycles. The molecule has 0 radical (unpaired) electrons. The van der Waals surface area contributed by atoms with Crippen molar-refractivity contribution in [2.75, 3.05) is 6.54 Å². The van der Waals surface area contributed by atoms with E-state index in [2.05, 4.69) is 17.4 Å². The number of hydrogen-bond acceptors (Lipinski definition) is 4. The van der Waals surface area contributed by atoms with E-state index in [0.29, 0.717) is 24.5 Å². The molecule has 22 heavy (non-hydrogen) atoms. The number of carbonyl (C=O) groups excluding carboxylic acids is 1. The molecule has 1 amide bonds. The van der Waals surface area contributed by atoms with Gasteiger partial charge in [-0.2, -0.15) is 0 Å². The van der Waals surface area contributed by atoms with Crippen molar-refractivity contribution in [1.82, 2.24) is 10.5 Å². The van der Waals surface area contributed by atoms with Gasteiger partial charge in [0, 0.05) is 6.54 Å². The molecule has 0 aliphatic carbocycles. The summed E-state index contributed by atoms with van der Waals surface area (Å²) >= 11 is 0. The number of aryl methyl sites for hydroxylation is 2. The van der Waals surface area contributed by atoms with Crippen LogP contribution in [0.4, 0.5) is 0 Å². The zero-order chi connectivity index (χ0) is 15.9. The molecular formula is C17H22N2O3. The third-order valence-corrected chi connectivity index (χ3v) is 3.50. The van der Waals surface area contributed by atoms with E-state index in [4.69, 9.17) is 9.26 Å². The van der Waals surface area contributed by atoms with Gasteiger partial charge in [-0.05, 0) is 32.4 Å². The largest absolute Gasteiger partial charge is 0.488 e. The minimum atomic E-state index is -0.109. The number of unbranched alkanes of at least 4 members (excludes halogenated alkanes) is 1. The van der Waals surface area contributed by atoms with E-state index in [1.165, 1.54) is 0 Å². The number of amides is 1. The highest BCUT2D eigenvalue weighted by molar-refractivity contribution is 5.96. The van der Waals surface area contributed by atoms with E-state index in [1.54, 1.807) is 12.1 Å². The first-order valence-electron chi connectivity index (χ1n) is 7.55. The lowest BCUT2D eigenvalue weighted by atomic mass is 10.1. The average Bonchev–Trinajstić information content (AvgIpc) is 2.84. The van der Waals surface area contributed by atoms with Gasteiger partial charge in [-0.15, -0.1) is 0 Å². The molecule has 0 aliphatic heterocycles. The molecule has 118 valence electrons. The Bertz CT molecular complexity index is 615. The molecule has 5 nitrogen and oxygen atoms in total. The van der Waals surface area contributed by atoms with E-state index < -0.39 is 0 Å². The second-order valence-corrected chi connectivity index (χ2v) is 5.20. The highest BCUT2D eigenvalue weighted by atomic mass is 16.5. The summed E-state index contributed by atoms with van der Waals surface area (Å²) in [6, 6.07) is 7.25. The second-order valence-electron chi connectivity index (χ2n) is 5.20. The number of para-hydroxylation sites is 1. The van der Waals surface area contributed by atoms with Crippen molar-refractivity contribution in [3.8, 4) is 5.75 Å². The van der Waals surface area contributed by atoms with Gasteiger partial charge in [0.2, 0.25) is 0 Å². The van der Waals surface area contributed by atoms with Crippen LogP contribution in [0.1, 0.15) is 47.1 Å². The van der Waals surface area contributed by atoms with Crippen molar-refractivity contribution >= 4 is 5.91 Å². The molecular weight excluding hydrogens is 280 g/mol. The molecule has 0 unspecified atom stereocenters. The van der Waals surface area contributed by atoms with E-state index >= 15 is 0 Å². The number of ether oxygens (including phenoxy) is 1. The maximum atomic E-state index is 12.2. The van der Waals surface area contributed by atoms with Crippen LogP contribution in [0.2, 0.25) is 0 Å². The lowest BCUT2D eigenvalue weighted by Crippen LogP contribution is -2.24. The fourth-order valence-corrected chi connectivity index (χ4v) is 2.11. The average molecular weight is 302 g/mol. The van der Waals surface area contributed by atoms with Crippen molar-refractivity contribution in [3.63, 3.8) is 0 Å². The summed E-state index contributed by atoms with van der Waals surface area (Å²) in [5.74, 6) is 1.20. The quantitative estimate of drug-likeness (QED) is 0.796. The van der Waals surface area contributed by atoms with Crippen molar-refractivity contribution in [2.45, 2.75) is 40.2 Å². The van der Waals surface area contributed by atoms with Crippen LogP contribution in [0.3, 0.4) is 0 Å². The lowest BCUT2D eigenvalue weighted by molar-refractivity contribution is 0.0948. The first-order chi connectivity index (χ1) is 10.6. The summed E-state index contributed by atoms with van der Waals surface area (Å²) in [7, 11) is 0. The molecule has 1 aromatic heterocycles. The third kappa shape index (κ3) is 3.87. The Labute approximate surface area is 130 Å². The highest BCUT2D eigenvalue weighted by Gasteiger charge is 2.14. The number of carbonyl (C=O) groups is 1. The van der Waals surface area contributed by atoms with Gasteiger partial charge < -0.3 is 14.6 Å². The van der Waals surface area contributed by atoms with Crippen LogP contribution in [-0.2, 0) is 6.61 Å². The summed E-state index contributed by atoms with van der Waals surface area (Å²) in [5, 5.41) is 6.81. The zero-order valence-electron chi connectivity index (χ0n) is 13.3. The maximum Gasteiger partial charge on any atom is 0.255 e. The molecule has 2 aromatic rings. The molecule has 1 N–H and O–H groups in total. The molecule has 1 heterocycles. The number of rotatable bonds is 7. The van der Waals surface area contributed by atoms with Gasteiger partial charge in [-0.25, -0.2) is 0 Å². The number of benzene rings is 1. The number of aromatic nitrogens is 1. The Morgan fingerprint density at radius 1 is 1.32 bits per heavy atom. The minimum Gasteiger partial charge on any atom is -0.488 e. The van der Waals surface area contributed by atoms with E-state index in [0.717, 1.165) is 29.9 Å². The minimum absolute atomic E-state index is 0.109. The Hall–Kier alpha value is -2.30. The van der Waals surface area contributed by atoms with Gasteiger partial charge in [0.05, 0.1) is 16.8 Å². The van der Waals surface area contributed by atoms with Crippen molar-refractivity contribution in [1.29, 1.82) is 0 Å². The fourth-order valence-electron chi connectivity index (χ4n) is 2.11. The van der Waals surface area contributed by atoms with Crippen LogP contribution in [0.15, 0.2) is 28.8 Å². The first-order valence-corrected chi connectivity index (χ1v) is 7.55. The van der Waals surface area contributed by atoms with Crippen molar-refractivity contribution in [2.24, 2.45) is 0 Å². The van der Waals surface area contributed by atoms with E-state index in [-0.39, 0.29) is 5.91 Å². The van der Waals surface area contributed by atoms with Gasteiger partial charge in [0.15, 0.2) is 0 Å². The highest BCUT2D eigenvalue weighted by Crippen LogP contribution is 2.21. The van der Waals surface area contributed by atoms with Crippen LogP contribution in [-0.4, -0.2) is 17.6 Å². The van der Waals surface area contributed by atoms with Gasteiger partial charge in [0.1, 0.15) is 18.1 Å². The van der Waals surface area contributed by atoms with Crippen LogP contribution in [0.25, 0.3) is 0 Å². The SMILES string of the molecule is CCCCNC(=O)c1ccccc1OCc1c(C)noc1C. The molecule has 1 aromatic carbocycles. The molecule has 0 bridgehead atoms. The fraction of sp³-hybridized carbons (Fsp3) is 0.412. The summed E-state index contributed by atoms with van der Waals surface area (Å²) < 4.78 is 10.9. The Kier molecular flexibility index (Phi) is 5.58.